The third-order valence-electron chi connectivity index (χ3n) is 3.70. The highest BCUT2D eigenvalue weighted by Crippen LogP contribution is 2.31. The van der Waals surface area contributed by atoms with Crippen molar-refractivity contribution < 1.29 is 9.13 Å². The van der Waals surface area contributed by atoms with E-state index in [1.807, 2.05) is 0 Å². The summed E-state index contributed by atoms with van der Waals surface area (Å²) in [6.45, 7) is 4.60. The lowest BCUT2D eigenvalue weighted by atomic mass is 9.80. The van der Waals surface area contributed by atoms with Crippen molar-refractivity contribution in [2.75, 3.05) is 12.4 Å². The molecule has 2 rings (SSSR count). The zero-order valence-corrected chi connectivity index (χ0v) is 11.4. The van der Waals surface area contributed by atoms with Gasteiger partial charge in [0.1, 0.15) is 0 Å². The standard InChI is InChI=1S/C15H22FNO/c1-10-6-11(2)8-13(7-10)17-12-4-5-14(16)15(9-12)18-3/h4-5,9-11,13,17H,6-8H2,1-3H3. The van der Waals surface area contributed by atoms with Gasteiger partial charge in [0.15, 0.2) is 11.6 Å². The molecule has 0 spiro atoms. The van der Waals surface area contributed by atoms with E-state index in [2.05, 4.69) is 19.2 Å². The summed E-state index contributed by atoms with van der Waals surface area (Å²) < 4.78 is 18.3. The Kier molecular flexibility index (Phi) is 4.10. The lowest BCUT2D eigenvalue weighted by Crippen LogP contribution is -2.30. The minimum atomic E-state index is -0.312. The molecule has 2 unspecified atom stereocenters. The fraction of sp³-hybridized carbons (Fsp3) is 0.600. The van der Waals surface area contributed by atoms with Gasteiger partial charge < -0.3 is 10.1 Å². The van der Waals surface area contributed by atoms with Crippen LogP contribution in [0.1, 0.15) is 33.1 Å². The average Bonchev–Trinajstić information content (AvgIpc) is 2.30. The SMILES string of the molecule is COc1cc(NC2CC(C)CC(C)C2)ccc1F. The lowest BCUT2D eigenvalue weighted by molar-refractivity contribution is 0.281. The Morgan fingerprint density at radius 1 is 1.17 bits per heavy atom. The molecule has 0 heterocycles. The van der Waals surface area contributed by atoms with Crippen molar-refractivity contribution >= 4 is 5.69 Å². The van der Waals surface area contributed by atoms with Gasteiger partial charge in [0.25, 0.3) is 0 Å². The molecule has 3 heteroatoms. The Hall–Kier alpha value is -1.25. The van der Waals surface area contributed by atoms with E-state index < -0.39 is 0 Å². The fourth-order valence-corrected chi connectivity index (χ4v) is 3.05. The van der Waals surface area contributed by atoms with E-state index >= 15 is 0 Å². The normalized spacial score (nSPS) is 27.9. The number of anilines is 1. The van der Waals surface area contributed by atoms with Crippen molar-refractivity contribution in [2.45, 2.75) is 39.2 Å². The highest BCUT2D eigenvalue weighted by atomic mass is 19.1. The van der Waals surface area contributed by atoms with E-state index in [4.69, 9.17) is 4.74 Å². The van der Waals surface area contributed by atoms with Crippen molar-refractivity contribution in [2.24, 2.45) is 11.8 Å². The monoisotopic (exact) mass is 251 g/mol. The van der Waals surface area contributed by atoms with Gasteiger partial charge in [0, 0.05) is 17.8 Å². The number of nitrogens with one attached hydrogen (secondary N) is 1. The third kappa shape index (κ3) is 3.15. The molecule has 1 N–H and O–H groups in total. The molecule has 0 saturated heterocycles. The van der Waals surface area contributed by atoms with Crippen LogP contribution in [0.2, 0.25) is 0 Å². The maximum absolute atomic E-state index is 13.3. The Labute approximate surface area is 109 Å². The summed E-state index contributed by atoms with van der Waals surface area (Å²) in [5.74, 6) is 1.51. The fourth-order valence-electron chi connectivity index (χ4n) is 3.05. The average molecular weight is 251 g/mol. The topological polar surface area (TPSA) is 21.3 Å². The van der Waals surface area contributed by atoms with Crippen LogP contribution in [0.4, 0.5) is 10.1 Å². The molecule has 2 nitrogen and oxygen atoms in total. The van der Waals surface area contributed by atoms with Crippen LogP contribution in [0.25, 0.3) is 0 Å². The molecular weight excluding hydrogens is 229 g/mol. The molecule has 0 aliphatic heterocycles. The number of rotatable bonds is 3. The second-order valence-electron chi connectivity index (χ2n) is 5.61. The number of benzene rings is 1. The molecule has 1 aromatic carbocycles. The molecule has 1 aliphatic rings. The van der Waals surface area contributed by atoms with Crippen LogP contribution in [0, 0.1) is 17.7 Å². The molecular formula is C15H22FNO. The molecule has 100 valence electrons. The van der Waals surface area contributed by atoms with Crippen molar-refractivity contribution in [1.29, 1.82) is 0 Å². The maximum Gasteiger partial charge on any atom is 0.165 e. The van der Waals surface area contributed by atoms with Crippen molar-refractivity contribution in [3.8, 4) is 5.75 Å². The van der Waals surface area contributed by atoms with Crippen LogP contribution in [0.5, 0.6) is 5.75 Å². The van der Waals surface area contributed by atoms with Crippen molar-refractivity contribution in [3.05, 3.63) is 24.0 Å². The van der Waals surface area contributed by atoms with Gasteiger partial charge in [-0.1, -0.05) is 13.8 Å². The van der Waals surface area contributed by atoms with Crippen LogP contribution in [-0.2, 0) is 0 Å². The first-order valence-corrected chi connectivity index (χ1v) is 6.68. The zero-order chi connectivity index (χ0) is 13.1. The summed E-state index contributed by atoms with van der Waals surface area (Å²) in [7, 11) is 1.49. The minimum Gasteiger partial charge on any atom is -0.494 e. The number of methoxy groups -OCH3 is 1. The van der Waals surface area contributed by atoms with Gasteiger partial charge in [-0.15, -0.1) is 0 Å². The van der Waals surface area contributed by atoms with E-state index in [1.165, 1.54) is 32.4 Å². The van der Waals surface area contributed by atoms with Gasteiger partial charge in [-0.05, 0) is 43.2 Å². The molecule has 0 aromatic heterocycles. The van der Waals surface area contributed by atoms with Gasteiger partial charge in [-0.25, -0.2) is 4.39 Å². The predicted molar refractivity (Wildman–Crippen MR) is 72.5 cm³/mol. The first-order chi connectivity index (χ1) is 8.58. The van der Waals surface area contributed by atoms with Crippen LogP contribution in [-0.4, -0.2) is 13.2 Å². The Balaban J connectivity index is 2.04. The van der Waals surface area contributed by atoms with E-state index in [9.17, 15) is 4.39 Å². The van der Waals surface area contributed by atoms with Crippen molar-refractivity contribution in [3.63, 3.8) is 0 Å². The number of ether oxygens (including phenoxy) is 1. The second kappa shape index (κ2) is 5.59. The summed E-state index contributed by atoms with van der Waals surface area (Å²) in [6, 6.07) is 5.46. The smallest absolute Gasteiger partial charge is 0.165 e. The highest BCUT2D eigenvalue weighted by molar-refractivity contribution is 5.49. The third-order valence-corrected chi connectivity index (χ3v) is 3.70. The van der Waals surface area contributed by atoms with Gasteiger partial charge in [-0.3, -0.25) is 0 Å². The molecule has 0 bridgehead atoms. The lowest BCUT2D eigenvalue weighted by Gasteiger charge is -2.32. The van der Waals surface area contributed by atoms with Crippen LogP contribution in [0.15, 0.2) is 18.2 Å². The van der Waals surface area contributed by atoms with Crippen molar-refractivity contribution in [1.82, 2.24) is 0 Å². The second-order valence-corrected chi connectivity index (χ2v) is 5.61. The molecule has 1 fully saturated rings. The molecule has 2 atom stereocenters. The molecule has 1 saturated carbocycles. The predicted octanol–water partition coefficient (Wildman–Crippen LogP) is 4.07. The minimum absolute atomic E-state index is 0.303. The molecule has 0 radical (unpaired) electrons. The van der Waals surface area contributed by atoms with E-state index in [1.54, 1.807) is 12.1 Å². The maximum atomic E-state index is 13.3. The van der Waals surface area contributed by atoms with Gasteiger partial charge in [0.2, 0.25) is 0 Å². The Morgan fingerprint density at radius 2 is 1.83 bits per heavy atom. The first kappa shape index (κ1) is 13.2. The number of hydrogen-bond donors (Lipinski definition) is 1. The summed E-state index contributed by atoms with van der Waals surface area (Å²) in [4.78, 5) is 0. The van der Waals surface area contributed by atoms with Crippen LogP contribution < -0.4 is 10.1 Å². The van der Waals surface area contributed by atoms with E-state index in [0.29, 0.717) is 11.8 Å². The van der Waals surface area contributed by atoms with E-state index in [0.717, 1.165) is 17.5 Å². The Bertz CT molecular complexity index is 397. The Morgan fingerprint density at radius 3 is 2.44 bits per heavy atom. The summed E-state index contributed by atoms with van der Waals surface area (Å²) in [6.07, 6.45) is 3.68. The van der Waals surface area contributed by atoms with Crippen LogP contribution >= 0.6 is 0 Å². The summed E-state index contributed by atoms with van der Waals surface area (Å²) in [5.41, 5.74) is 0.944. The molecule has 18 heavy (non-hydrogen) atoms. The molecule has 1 aromatic rings. The molecule has 0 amide bonds. The summed E-state index contributed by atoms with van der Waals surface area (Å²) >= 11 is 0. The van der Waals surface area contributed by atoms with Crippen LogP contribution in [0.3, 0.4) is 0 Å². The number of halogens is 1. The van der Waals surface area contributed by atoms with Gasteiger partial charge in [0.05, 0.1) is 7.11 Å². The zero-order valence-electron chi connectivity index (χ0n) is 11.4. The largest absolute Gasteiger partial charge is 0.494 e. The number of hydrogen-bond acceptors (Lipinski definition) is 2. The first-order valence-electron chi connectivity index (χ1n) is 6.68. The van der Waals surface area contributed by atoms with Gasteiger partial charge in [-0.2, -0.15) is 0 Å². The van der Waals surface area contributed by atoms with Gasteiger partial charge >= 0.3 is 0 Å². The van der Waals surface area contributed by atoms with E-state index in [-0.39, 0.29) is 5.82 Å². The highest BCUT2D eigenvalue weighted by Gasteiger charge is 2.23. The summed E-state index contributed by atoms with van der Waals surface area (Å²) in [5, 5.41) is 3.50. The quantitative estimate of drug-likeness (QED) is 0.874. The molecule has 1 aliphatic carbocycles.